The van der Waals surface area contributed by atoms with Crippen LogP contribution in [-0.2, 0) is 0 Å². The highest BCUT2D eigenvalue weighted by molar-refractivity contribution is 6.30. The van der Waals surface area contributed by atoms with E-state index < -0.39 is 6.04 Å². The minimum atomic E-state index is -0.686. The van der Waals surface area contributed by atoms with E-state index in [-0.39, 0.29) is 11.7 Å². The zero-order chi connectivity index (χ0) is 23.3. The summed E-state index contributed by atoms with van der Waals surface area (Å²) in [7, 11) is 0. The Morgan fingerprint density at radius 2 is 1.41 bits per heavy atom. The van der Waals surface area contributed by atoms with E-state index in [0.717, 1.165) is 11.3 Å². The van der Waals surface area contributed by atoms with Gasteiger partial charge in [-0.3, -0.25) is 0 Å². The molecule has 0 amide bonds. The Kier molecular flexibility index (Phi) is 6.23. The topological polar surface area (TPSA) is 60.2 Å². The fraction of sp³-hybridized carbons (Fsp3) is 0.0370. The zero-order valence-electron chi connectivity index (χ0n) is 17.9. The van der Waals surface area contributed by atoms with Gasteiger partial charge in [-0.1, -0.05) is 48.0 Å². The van der Waals surface area contributed by atoms with E-state index in [1.165, 1.54) is 6.07 Å². The molecule has 1 aromatic heterocycles. The van der Waals surface area contributed by atoms with Crippen molar-refractivity contribution in [1.82, 2.24) is 10.2 Å². The summed E-state index contributed by atoms with van der Waals surface area (Å²) in [6, 6.07) is 29.7. The van der Waals surface area contributed by atoms with Crippen molar-refractivity contribution in [1.29, 1.82) is 0 Å². The van der Waals surface area contributed by atoms with Crippen molar-refractivity contribution in [3.05, 3.63) is 125 Å². The number of hydrogen-bond acceptors (Lipinski definition) is 5. The third-order valence-electron chi connectivity index (χ3n) is 5.14. The second kappa shape index (κ2) is 9.77. The van der Waals surface area contributed by atoms with E-state index in [2.05, 4.69) is 15.5 Å². The van der Waals surface area contributed by atoms with Gasteiger partial charge in [0.05, 0.1) is 0 Å². The third-order valence-corrected chi connectivity index (χ3v) is 5.39. The Morgan fingerprint density at radius 3 is 2.12 bits per heavy atom. The highest BCUT2D eigenvalue weighted by Gasteiger charge is 2.24. The van der Waals surface area contributed by atoms with Crippen LogP contribution in [0.2, 0.25) is 5.02 Å². The minimum Gasteiger partial charge on any atom is -0.457 e. The lowest BCUT2D eigenvalue weighted by Gasteiger charge is -2.18. The average Bonchev–Trinajstić information content (AvgIpc) is 3.36. The van der Waals surface area contributed by atoms with Crippen LogP contribution in [0.4, 0.5) is 10.1 Å². The first-order valence-electron chi connectivity index (χ1n) is 10.6. The fourth-order valence-electron chi connectivity index (χ4n) is 3.45. The molecular weight excluding hydrogens is 453 g/mol. The van der Waals surface area contributed by atoms with E-state index in [0.29, 0.717) is 28.0 Å². The molecule has 0 fully saturated rings. The summed E-state index contributed by atoms with van der Waals surface area (Å²) in [6.45, 7) is 0. The van der Waals surface area contributed by atoms with Gasteiger partial charge in [0.25, 0.3) is 0 Å². The summed E-state index contributed by atoms with van der Waals surface area (Å²) in [4.78, 5) is 0. The first-order chi connectivity index (χ1) is 16.7. The van der Waals surface area contributed by atoms with Crippen molar-refractivity contribution in [2.75, 3.05) is 5.32 Å². The van der Waals surface area contributed by atoms with Gasteiger partial charge in [0.15, 0.2) is 0 Å². The number of nitrogens with zero attached hydrogens (tertiary/aromatic N) is 2. The molecule has 1 heterocycles. The van der Waals surface area contributed by atoms with E-state index in [1.807, 2.05) is 54.6 Å². The maximum Gasteiger partial charge on any atom is 0.247 e. The molecule has 0 aliphatic carbocycles. The van der Waals surface area contributed by atoms with Crippen LogP contribution in [0.1, 0.15) is 17.5 Å². The quantitative estimate of drug-likeness (QED) is 0.266. The highest BCUT2D eigenvalue weighted by atomic mass is 35.5. The zero-order valence-corrected chi connectivity index (χ0v) is 18.6. The highest BCUT2D eigenvalue weighted by Crippen LogP contribution is 2.31. The number of nitrogens with one attached hydrogen (secondary N) is 1. The molecule has 168 valence electrons. The van der Waals surface area contributed by atoms with Crippen molar-refractivity contribution in [2.45, 2.75) is 6.04 Å². The summed E-state index contributed by atoms with van der Waals surface area (Å²) in [6.07, 6.45) is 0. The van der Waals surface area contributed by atoms with Gasteiger partial charge in [0, 0.05) is 21.8 Å². The van der Waals surface area contributed by atoms with E-state index in [1.54, 1.807) is 42.5 Å². The molecule has 0 unspecified atom stereocenters. The Bertz CT molecular complexity index is 1370. The molecule has 34 heavy (non-hydrogen) atoms. The number of anilines is 1. The van der Waals surface area contributed by atoms with Crippen LogP contribution in [-0.4, -0.2) is 10.2 Å². The number of hydrogen-bond donors (Lipinski definition) is 1. The number of halogens is 2. The van der Waals surface area contributed by atoms with Crippen LogP contribution in [0.25, 0.3) is 11.5 Å². The normalized spacial score (nSPS) is 11.7. The maximum atomic E-state index is 14.7. The van der Waals surface area contributed by atoms with Crippen LogP contribution in [0, 0.1) is 5.82 Å². The molecule has 5 nitrogen and oxygen atoms in total. The third kappa shape index (κ3) is 4.92. The molecule has 0 saturated carbocycles. The molecule has 0 spiro atoms. The molecule has 0 aliphatic heterocycles. The first-order valence-corrected chi connectivity index (χ1v) is 11.0. The molecule has 0 radical (unpaired) electrons. The Morgan fingerprint density at radius 1 is 0.765 bits per heavy atom. The second-order valence-electron chi connectivity index (χ2n) is 7.49. The summed E-state index contributed by atoms with van der Waals surface area (Å²) in [5.41, 5.74) is 1.92. The van der Waals surface area contributed by atoms with Crippen LogP contribution < -0.4 is 10.1 Å². The van der Waals surface area contributed by atoms with Crippen LogP contribution in [0.5, 0.6) is 11.5 Å². The van der Waals surface area contributed by atoms with Gasteiger partial charge in [0.1, 0.15) is 23.4 Å². The SMILES string of the molecule is Fc1ccccc1[C@H](Nc1ccc(Oc2ccc(Cl)cc2)cc1)c1nnc(-c2ccccc2)o1. The van der Waals surface area contributed by atoms with Crippen molar-refractivity contribution in [3.63, 3.8) is 0 Å². The number of rotatable bonds is 7. The average molecular weight is 472 g/mol. The van der Waals surface area contributed by atoms with Gasteiger partial charge >= 0.3 is 0 Å². The van der Waals surface area contributed by atoms with Crippen LogP contribution in [0.3, 0.4) is 0 Å². The van der Waals surface area contributed by atoms with Crippen molar-refractivity contribution < 1.29 is 13.5 Å². The van der Waals surface area contributed by atoms with Gasteiger partial charge in [-0.25, -0.2) is 4.39 Å². The summed E-state index contributed by atoms with van der Waals surface area (Å²) in [5, 5.41) is 12.3. The monoisotopic (exact) mass is 471 g/mol. The number of aromatic nitrogens is 2. The predicted octanol–water partition coefficient (Wildman–Crippen LogP) is 7.52. The van der Waals surface area contributed by atoms with E-state index in [9.17, 15) is 4.39 Å². The lowest BCUT2D eigenvalue weighted by molar-refractivity contribution is 0.482. The Balaban J connectivity index is 1.41. The van der Waals surface area contributed by atoms with Crippen LogP contribution in [0.15, 0.2) is 108 Å². The van der Waals surface area contributed by atoms with E-state index >= 15 is 0 Å². The number of ether oxygens (including phenoxy) is 1. The van der Waals surface area contributed by atoms with Crippen molar-refractivity contribution in [2.24, 2.45) is 0 Å². The molecule has 0 saturated heterocycles. The number of benzene rings is 4. The molecule has 7 heteroatoms. The molecule has 1 N–H and O–H groups in total. The lowest BCUT2D eigenvalue weighted by atomic mass is 10.1. The second-order valence-corrected chi connectivity index (χ2v) is 7.93. The first kappa shape index (κ1) is 21.7. The standard InChI is InChI=1S/C27H19ClFN3O2/c28-19-10-14-21(15-11-19)33-22-16-12-20(13-17-22)30-25(23-8-4-5-9-24(23)29)27-32-31-26(34-27)18-6-2-1-3-7-18/h1-17,25,30H/t25-/m0/s1. The Labute approximate surface area is 200 Å². The molecule has 0 aliphatic rings. The molecular formula is C27H19ClFN3O2. The van der Waals surface area contributed by atoms with Gasteiger partial charge in [-0.05, 0) is 66.7 Å². The van der Waals surface area contributed by atoms with Gasteiger partial charge < -0.3 is 14.5 Å². The van der Waals surface area contributed by atoms with E-state index in [4.69, 9.17) is 20.8 Å². The summed E-state index contributed by atoms with van der Waals surface area (Å²) >= 11 is 5.92. The lowest BCUT2D eigenvalue weighted by Crippen LogP contribution is -2.14. The Hall–Kier alpha value is -4.16. The molecule has 1 atom stereocenters. The predicted molar refractivity (Wildman–Crippen MR) is 130 cm³/mol. The van der Waals surface area contributed by atoms with Crippen molar-refractivity contribution in [3.8, 4) is 23.0 Å². The molecule has 4 aromatic carbocycles. The molecule has 5 rings (SSSR count). The van der Waals surface area contributed by atoms with Crippen molar-refractivity contribution >= 4 is 17.3 Å². The van der Waals surface area contributed by atoms with Gasteiger partial charge in [0.2, 0.25) is 11.8 Å². The fourth-order valence-corrected chi connectivity index (χ4v) is 3.58. The maximum absolute atomic E-state index is 14.7. The minimum absolute atomic E-state index is 0.255. The van der Waals surface area contributed by atoms with Gasteiger partial charge in [-0.2, -0.15) is 0 Å². The summed E-state index contributed by atoms with van der Waals surface area (Å²) in [5.74, 6) is 1.58. The molecule has 0 bridgehead atoms. The smallest absolute Gasteiger partial charge is 0.247 e. The van der Waals surface area contributed by atoms with Gasteiger partial charge in [-0.15, -0.1) is 10.2 Å². The largest absolute Gasteiger partial charge is 0.457 e. The summed E-state index contributed by atoms with van der Waals surface area (Å²) < 4.78 is 26.5. The van der Waals surface area contributed by atoms with Crippen LogP contribution >= 0.6 is 11.6 Å². The molecule has 5 aromatic rings.